The van der Waals surface area contributed by atoms with E-state index in [1.165, 1.54) is 4.88 Å². The normalized spacial score (nSPS) is 10.6. The van der Waals surface area contributed by atoms with Gasteiger partial charge in [-0.15, -0.1) is 11.3 Å². The molecule has 106 valence electrons. The molecule has 2 aromatic rings. The van der Waals surface area contributed by atoms with Crippen molar-refractivity contribution >= 4 is 11.3 Å². The summed E-state index contributed by atoms with van der Waals surface area (Å²) in [6, 6.07) is 6.12. The van der Waals surface area contributed by atoms with Crippen molar-refractivity contribution in [3.8, 4) is 11.8 Å². The van der Waals surface area contributed by atoms with Crippen molar-refractivity contribution in [2.75, 3.05) is 13.7 Å². The van der Waals surface area contributed by atoms with Crippen molar-refractivity contribution in [1.82, 2.24) is 4.90 Å². The molecular weight excluding hydrogens is 270 g/mol. The molecule has 2 rings (SSSR count). The fourth-order valence-corrected chi connectivity index (χ4v) is 2.80. The standard InChI is InChI=1S/C16H19NO2S/c1-13-6-7-15(19-13)10-17(2)11-16-9-14(12-20-16)5-3-4-8-18/h6-7,9,12,18H,4,8,10-11H2,1-2H3. The molecule has 0 unspecified atom stereocenters. The zero-order valence-electron chi connectivity index (χ0n) is 11.8. The van der Waals surface area contributed by atoms with E-state index in [0.717, 1.165) is 30.2 Å². The van der Waals surface area contributed by atoms with E-state index in [-0.39, 0.29) is 6.61 Å². The fourth-order valence-electron chi connectivity index (χ4n) is 1.91. The highest BCUT2D eigenvalue weighted by molar-refractivity contribution is 7.10. The molecule has 0 atom stereocenters. The van der Waals surface area contributed by atoms with Crippen LogP contribution in [0.3, 0.4) is 0 Å². The Morgan fingerprint density at radius 2 is 2.20 bits per heavy atom. The van der Waals surface area contributed by atoms with Gasteiger partial charge in [-0.2, -0.15) is 0 Å². The van der Waals surface area contributed by atoms with Crippen LogP contribution < -0.4 is 0 Å². The lowest BCUT2D eigenvalue weighted by atomic mass is 10.3. The van der Waals surface area contributed by atoms with Crippen molar-refractivity contribution in [2.45, 2.75) is 26.4 Å². The van der Waals surface area contributed by atoms with Crippen molar-refractivity contribution in [3.63, 3.8) is 0 Å². The Hall–Kier alpha value is -1.54. The summed E-state index contributed by atoms with van der Waals surface area (Å²) in [5, 5.41) is 10.8. The molecule has 0 aromatic carbocycles. The Labute approximate surface area is 123 Å². The van der Waals surface area contributed by atoms with E-state index < -0.39 is 0 Å². The molecule has 0 bridgehead atoms. The van der Waals surface area contributed by atoms with E-state index in [4.69, 9.17) is 9.52 Å². The summed E-state index contributed by atoms with van der Waals surface area (Å²) in [6.45, 7) is 3.76. The van der Waals surface area contributed by atoms with Gasteiger partial charge in [0.1, 0.15) is 11.5 Å². The lowest BCUT2D eigenvalue weighted by molar-refractivity contribution is 0.287. The maximum Gasteiger partial charge on any atom is 0.118 e. The van der Waals surface area contributed by atoms with Crippen LogP contribution in [0.4, 0.5) is 0 Å². The number of furan rings is 1. The van der Waals surface area contributed by atoms with Crippen molar-refractivity contribution in [2.24, 2.45) is 0 Å². The van der Waals surface area contributed by atoms with E-state index in [9.17, 15) is 0 Å². The maximum atomic E-state index is 8.69. The number of nitrogens with zero attached hydrogens (tertiary/aromatic N) is 1. The van der Waals surface area contributed by atoms with Crippen LogP contribution in [-0.2, 0) is 13.1 Å². The number of aliphatic hydroxyl groups excluding tert-OH is 1. The molecular formula is C16H19NO2S. The quantitative estimate of drug-likeness (QED) is 0.860. The lowest BCUT2D eigenvalue weighted by Gasteiger charge is -2.13. The second-order valence-electron chi connectivity index (χ2n) is 4.76. The summed E-state index contributed by atoms with van der Waals surface area (Å²) < 4.78 is 5.58. The minimum absolute atomic E-state index is 0.120. The van der Waals surface area contributed by atoms with Gasteiger partial charge in [-0.25, -0.2) is 0 Å². The van der Waals surface area contributed by atoms with Gasteiger partial charge >= 0.3 is 0 Å². The minimum atomic E-state index is 0.120. The molecule has 0 aliphatic rings. The second kappa shape index (κ2) is 7.30. The fraction of sp³-hybridized carbons (Fsp3) is 0.375. The Balaban J connectivity index is 1.88. The van der Waals surface area contributed by atoms with Crippen LogP contribution in [-0.4, -0.2) is 23.7 Å². The SMILES string of the molecule is Cc1ccc(CN(C)Cc2cc(C#CCCO)cs2)o1. The monoisotopic (exact) mass is 289 g/mol. The second-order valence-corrected chi connectivity index (χ2v) is 5.76. The summed E-state index contributed by atoms with van der Waals surface area (Å²) in [5.41, 5.74) is 1.03. The third-order valence-electron chi connectivity index (χ3n) is 2.77. The number of hydrogen-bond donors (Lipinski definition) is 1. The third kappa shape index (κ3) is 4.53. The van der Waals surface area contributed by atoms with E-state index in [2.05, 4.69) is 35.2 Å². The molecule has 0 aliphatic heterocycles. The third-order valence-corrected chi connectivity index (χ3v) is 3.69. The first kappa shape index (κ1) is 14.9. The summed E-state index contributed by atoms with van der Waals surface area (Å²) in [6.07, 6.45) is 0.531. The molecule has 0 amide bonds. The van der Waals surface area contributed by atoms with Crippen LogP contribution in [0.25, 0.3) is 0 Å². The van der Waals surface area contributed by atoms with Crippen LogP contribution in [0.1, 0.15) is 28.4 Å². The van der Waals surface area contributed by atoms with Crippen LogP contribution in [0.2, 0.25) is 0 Å². The molecule has 3 nitrogen and oxygen atoms in total. The first-order chi connectivity index (χ1) is 9.67. The molecule has 1 N–H and O–H groups in total. The molecule has 0 spiro atoms. The zero-order valence-corrected chi connectivity index (χ0v) is 12.7. The molecule has 2 heterocycles. The lowest BCUT2D eigenvalue weighted by Crippen LogP contribution is -2.16. The minimum Gasteiger partial charge on any atom is -0.465 e. The average molecular weight is 289 g/mol. The van der Waals surface area contributed by atoms with Crippen molar-refractivity contribution < 1.29 is 9.52 Å². The molecule has 0 saturated carbocycles. The summed E-state index contributed by atoms with van der Waals surface area (Å²) in [4.78, 5) is 3.50. The first-order valence-corrected chi connectivity index (χ1v) is 7.46. The molecule has 0 fully saturated rings. The first-order valence-electron chi connectivity index (χ1n) is 6.58. The molecule has 0 aliphatic carbocycles. The number of rotatable bonds is 5. The Morgan fingerprint density at radius 3 is 2.90 bits per heavy atom. The molecule has 0 radical (unpaired) electrons. The summed E-state index contributed by atoms with van der Waals surface area (Å²) in [7, 11) is 2.08. The van der Waals surface area contributed by atoms with E-state index >= 15 is 0 Å². The van der Waals surface area contributed by atoms with E-state index in [1.54, 1.807) is 11.3 Å². The number of aliphatic hydroxyl groups is 1. The highest BCUT2D eigenvalue weighted by Crippen LogP contribution is 2.17. The number of aryl methyl sites for hydroxylation is 1. The van der Waals surface area contributed by atoms with Gasteiger partial charge in [0, 0.05) is 28.8 Å². The van der Waals surface area contributed by atoms with Crippen molar-refractivity contribution in [1.29, 1.82) is 0 Å². The van der Waals surface area contributed by atoms with Gasteiger partial charge in [-0.1, -0.05) is 11.8 Å². The van der Waals surface area contributed by atoms with Gasteiger partial charge in [-0.3, -0.25) is 4.90 Å². The molecule has 20 heavy (non-hydrogen) atoms. The number of hydrogen-bond acceptors (Lipinski definition) is 4. The van der Waals surface area contributed by atoms with Gasteiger partial charge in [0.25, 0.3) is 0 Å². The van der Waals surface area contributed by atoms with E-state index in [1.807, 2.05) is 19.1 Å². The average Bonchev–Trinajstić information content (AvgIpc) is 2.99. The van der Waals surface area contributed by atoms with Gasteiger partial charge in [0.2, 0.25) is 0 Å². The van der Waals surface area contributed by atoms with Crippen LogP contribution in [0.15, 0.2) is 28.0 Å². The van der Waals surface area contributed by atoms with E-state index in [0.29, 0.717) is 6.42 Å². The topological polar surface area (TPSA) is 36.6 Å². The van der Waals surface area contributed by atoms with Crippen LogP contribution >= 0.6 is 11.3 Å². The Kier molecular flexibility index (Phi) is 5.42. The smallest absolute Gasteiger partial charge is 0.118 e. The molecule has 2 aromatic heterocycles. The van der Waals surface area contributed by atoms with Gasteiger partial charge < -0.3 is 9.52 Å². The highest BCUT2D eigenvalue weighted by Gasteiger charge is 2.06. The van der Waals surface area contributed by atoms with Crippen LogP contribution in [0, 0.1) is 18.8 Å². The van der Waals surface area contributed by atoms with Crippen LogP contribution in [0.5, 0.6) is 0 Å². The number of thiophene rings is 1. The summed E-state index contributed by atoms with van der Waals surface area (Å²) >= 11 is 1.71. The maximum absolute atomic E-state index is 8.69. The Bertz CT molecular complexity index is 603. The predicted octanol–water partition coefficient (Wildman–Crippen LogP) is 3.02. The Morgan fingerprint density at radius 1 is 1.35 bits per heavy atom. The highest BCUT2D eigenvalue weighted by atomic mass is 32.1. The predicted molar refractivity (Wildman–Crippen MR) is 81.5 cm³/mol. The van der Waals surface area contributed by atoms with Gasteiger partial charge in [-0.05, 0) is 32.2 Å². The zero-order chi connectivity index (χ0) is 14.4. The molecule has 0 saturated heterocycles. The van der Waals surface area contributed by atoms with Crippen molar-refractivity contribution in [3.05, 3.63) is 45.5 Å². The largest absolute Gasteiger partial charge is 0.465 e. The van der Waals surface area contributed by atoms with Gasteiger partial charge in [0.15, 0.2) is 0 Å². The summed E-state index contributed by atoms with van der Waals surface area (Å²) in [5.74, 6) is 7.93. The van der Waals surface area contributed by atoms with Gasteiger partial charge in [0.05, 0.1) is 13.2 Å². The molecule has 4 heteroatoms.